The largest absolute Gasteiger partial charge is 0.334 e. The molecule has 2 atom stereocenters. The zero-order valence-electron chi connectivity index (χ0n) is 11.1. The van der Waals surface area contributed by atoms with Crippen LogP contribution in [0.15, 0.2) is 6.20 Å². The van der Waals surface area contributed by atoms with Gasteiger partial charge < -0.3 is 10.2 Å². The van der Waals surface area contributed by atoms with E-state index < -0.39 is 0 Å². The highest BCUT2D eigenvalue weighted by Crippen LogP contribution is 2.29. The van der Waals surface area contributed by atoms with E-state index in [0.29, 0.717) is 12.0 Å². The molecule has 5 nitrogen and oxygen atoms in total. The van der Waals surface area contributed by atoms with E-state index in [1.807, 2.05) is 4.68 Å². The first-order chi connectivity index (χ1) is 9.34. The molecule has 0 spiro atoms. The quantitative estimate of drug-likeness (QED) is 0.807. The van der Waals surface area contributed by atoms with E-state index in [1.54, 1.807) is 6.20 Å². The summed E-state index contributed by atoms with van der Waals surface area (Å²) in [5.74, 6) is 0.870. The Morgan fingerprint density at radius 1 is 1.32 bits per heavy atom. The van der Waals surface area contributed by atoms with Gasteiger partial charge in [-0.05, 0) is 31.6 Å². The maximum atomic E-state index is 12.8. The second kappa shape index (κ2) is 4.34. The van der Waals surface area contributed by atoms with Crippen molar-refractivity contribution >= 4 is 5.91 Å². The molecule has 3 aliphatic rings. The van der Waals surface area contributed by atoms with Crippen molar-refractivity contribution < 1.29 is 4.79 Å². The molecule has 5 heteroatoms. The molecule has 0 aromatic carbocycles. The molecular weight excluding hydrogens is 240 g/mol. The van der Waals surface area contributed by atoms with Crippen LogP contribution >= 0.6 is 0 Å². The number of likely N-dealkylation sites (tertiary alicyclic amines) is 1. The molecule has 19 heavy (non-hydrogen) atoms. The number of fused-ring (bicyclic) bond motifs is 2. The molecule has 0 bridgehead atoms. The maximum absolute atomic E-state index is 12.8. The number of aryl methyl sites for hydroxylation is 1. The van der Waals surface area contributed by atoms with Gasteiger partial charge in [0, 0.05) is 32.2 Å². The van der Waals surface area contributed by atoms with Crippen LogP contribution in [0.25, 0.3) is 0 Å². The van der Waals surface area contributed by atoms with Gasteiger partial charge in [0.25, 0.3) is 5.91 Å². The van der Waals surface area contributed by atoms with E-state index >= 15 is 0 Å². The molecule has 1 aromatic rings. The van der Waals surface area contributed by atoms with Gasteiger partial charge in [0.1, 0.15) is 0 Å². The van der Waals surface area contributed by atoms with Crippen LogP contribution in [0, 0.1) is 5.92 Å². The van der Waals surface area contributed by atoms with E-state index in [0.717, 1.165) is 50.3 Å². The van der Waals surface area contributed by atoms with Crippen LogP contribution in [-0.2, 0) is 13.0 Å². The Morgan fingerprint density at radius 2 is 2.26 bits per heavy atom. The predicted molar refractivity (Wildman–Crippen MR) is 71.0 cm³/mol. The molecule has 3 aliphatic heterocycles. The van der Waals surface area contributed by atoms with Crippen molar-refractivity contribution in [1.82, 2.24) is 20.0 Å². The summed E-state index contributed by atoms with van der Waals surface area (Å²) in [7, 11) is 0. The van der Waals surface area contributed by atoms with Gasteiger partial charge >= 0.3 is 0 Å². The molecule has 102 valence electrons. The lowest BCUT2D eigenvalue weighted by atomic mass is 10.0. The number of nitrogens with one attached hydrogen (secondary N) is 1. The minimum Gasteiger partial charge on any atom is -0.334 e. The first-order valence-electron chi connectivity index (χ1n) is 7.41. The van der Waals surface area contributed by atoms with Gasteiger partial charge in [-0.3, -0.25) is 9.48 Å². The number of rotatable bonds is 1. The Kier molecular flexibility index (Phi) is 2.62. The highest BCUT2D eigenvalue weighted by atomic mass is 16.2. The number of hydrogen-bond donors (Lipinski definition) is 1. The summed E-state index contributed by atoms with van der Waals surface area (Å²) < 4.78 is 2.02. The molecule has 1 aromatic heterocycles. The van der Waals surface area contributed by atoms with Gasteiger partial charge in [-0.15, -0.1) is 0 Å². The van der Waals surface area contributed by atoms with Crippen LogP contribution in [0.5, 0.6) is 0 Å². The van der Waals surface area contributed by atoms with Crippen molar-refractivity contribution in [2.75, 3.05) is 19.6 Å². The molecule has 2 saturated heterocycles. The number of hydrogen-bond acceptors (Lipinski definition) is 3. The fourth-order valence-electron chi connectivity index (χ4n) is 3.86. The van der Waals surface area contributed by atoms with E-state index in [-0.39, 0.29) is 5.91 Å². The summed E-state index contributed by atoms with van der Waals surface area (Å²) in [5.41, 5.74) is 2.01. The van der Waals surface area contributed by atoms with E-state index in [1.165, 1.54) is 12.8 Å². The van der Waals surface area contributed by atoms with Crippen molar-refractivity contribution in [3.8, 4) is 0 Å². The first kappa shape index (κ1) is 11.5. The molecule has 1 N–H and O–H groups in total. The van der Waals surface area contributed by atoms with E-state index in [2.05, 4.69) is 15.3 Å². The molecule has 4 rings (SSSR count). The molecule has 0 saturated carbocycles. The molecule has 0 radical (unpaired) electrons. The van der Waals surface area contributed by atoms with Crippen molar-refractivity contribution in [3.63, 3.8) is 0 Å². The Labute approximate surface area is 113 Å². The zero-order valence-corrected chi connectivity index (χ0v) is 11.1. The minimum atomic E-state index is 0.208. The van der Waals surface area contributed by atoms with Crippen molar-refractivity contribution in [2.45, 2.75) is 38.3 Å². The summed E-state index contributed by atoms with van der Waals surface area (Å²) in [5, 5.41) is 7.79. The summed E-state index contributed by atoms with van der Waals surface area (Å²) in [6.45, 7) is 3.91. The average Bonchev–Trinajstić information content (AvgIpc) is 3.12. The SMILES string of the molecule is O=C(c1cnn2c1CCCC2)N1CC[C@@H]2CNC[C@@H]21. The zero-order chi connectivity index (χ0) is 12.8. The monoisotopic (exact) mass is 260 g/mol. The lowest BCUT2D eigenvalue weighted by Crippen LogP contribution is -2.39. The normalized spacial score (nSPS) is 29.4. The minimum absolute atomic E-state index is 0.208. The third-order valence-corrected chi connectivity index (χ3v) is 4.92. The van der Waals surface area contributed by atoms with Crippen LogP contribution in [-0.4, -0.2) is 46.3 Å². The third-order valence-electron chi connectivity index (χ3n) is 4.92. The van der Waals surface area contributed by atoms with Crippen molar-refractivity contribution in [3.05, 3.63) is 17.5 Å². The van der Waals surface area contributed by atoms with E-state index in [9.17, 15) is 4.79 Å². The summed E-state index contributed by atoms with van der Waals surface area (Å²) in [6, 6.07) is 0.409. The van der Waals surface area contributed by atoms with Crippen LogP contribution in [0.3, 0.4) is 0 Å². The van der Waals surface area contributed by atoms with Crippen molar-refractivity contribution in [2.24, 2.45) is 5.92 Å². The third kappa shape index (κ3) is 1.71. The highest BCUT2D eigenvalue weighted by molar-refractivity contribution is 5.95. The number of carbonyl (C=O) groups is 1. The van der Waals surface area contributed by atoms with Gasteiger partial charge in [-0.2, -0.15) is 5.10 Å². The fraction of sp³-hybridized carbons (Fsp3) is 0.714. The molecular formula is C14H20N4O. The van der Waals surface area contributed by atoms with Gasteiger partial charge in [0.15, 0.2) is 0 Å². The fourth-order valence-corrected chi connectivity index (χ4v) is 3.86. The smallest absolute Gasteiger partial charge is 0.257 e. The standard InChI is InChI=1S/C14H20N4O/c19-14(17-6-4-10-7-15-9-13(10)17)11-8-16-18-5-2-1-3-12(11)18/h8,10,13,15H,1-7,9H2/t10-,13+/m1/s1. The molecule has 4 heterocycles. The summed E-state index contributed by atoms with van der Waals surface area (Å²) in [6.07, 6.45) is 6.30. The highest BCUT2D eigenvalue weighted by Gasteiger charge is 2.41. The molecule has 0 unspecified atom stereocenters. The van der Waals surface area contributed by atoms with Crippen LogP contribution in [0.2, 0.25) is 0 Å². The number of nitrogens with zero attached hydrogens (tertiary/aromatic N) is 3. The Balaban J connectivity index is 1.62. The van der Waals surface area contributed by atoms with Crippen LogP contribution in [0.4, 0.5) is 0 Å². The number of amides is 1. The lowest BCUT2D eigenvalue weighted by Gasteiger charge is -2.24. The van der Waals surface area contributed by atoms with Gasteiger partial charge in [-0.1, -0.05) is 0 Å². The number of carbonyl (C=O) groups excluding carboxylic acids is 1. The molecule has 2 fully saturated rings. The second-order valence-corrected chi connectivity index (χ2v) is 5.96. The maximum Gasteiger partial charge on any atom is 0.257 e. The predicted octanol–water partition coefficient (Wildman–Crippen LogP) is 0.653. The Morgan fingerprint density at radius 3 is 3.21 bits per heavy atom. The summed E-state index contributed by atoms with van der Waals surface area (Å²) in [4.78, 5) is 14.8. The van der Waals surface area contributed by atoms with E-state index in [4.69, 9.17) is 0 Å². The van der Waals surface area contributed by atoms with Crippen LogP contribution in [0.1, 0.15) is 35.3 Å². The van der Waals surface area contributed by atoms with Crippen LogP contribution < -0.4 is 5.32 Å². The van der Waals surface area contributed by atoms with Gasteiger partial charge in [0.05, 0.1) is 17.5 Å². The molecule has 1 amide bonds. The average molecular weight is 260 g/mol. The Hall–Kier alpha value is -1.36. The van der Waals surface area contributed by atoms with Crippen molar-refractivity contribution in [1.29, 1.82) is 0 Å². The number of aromatic nitrogens is 2. The molecule has 0 aliphatic carbocycles. The second-order valence-electron chi connectivity index (χ2n) is 5.96. The lowest BCUT2D eigenvalue weighted by molar-refractivity contribution is 0.0735. The summed E-state index contributed by atoms with van der Waals surface area (Å²) >= 11 is 0. The first-order valence-corrected chi connectivity index (χ1v) is 7.41. The topological polar surface area (TPSA) is 50.2 Å². The van der Waals surface area contributed by atoms with Gasteiger partial charge in [0.2, 0.25) is 0 Å². The van der Waals surface area contributed by atoms with Gasteiger partial charge in [-0.25, -0.2) is 0 Å². The Bertz CT molecular complexity index is 510.